The Morgan fingerprint density at radius 1 is 0.897 bits per heavy atom. The molecule has 1 saturated carbocycles. The van der Waals surface area contributed by atoms with Crippen LogP contribution in [0.2, 0.25) is 0 Å². The summed E-state index contributed by atoms with van der Waals surface area (Å²) in [6.45, 7) is 5.39. The number of rotatable bonds is 3. The Hall–Kier alpha value is -2.95. The van der Waals surface area contributed by atoms with Gasteiger partial charge in [0.25, 0.3) is 0 Å². The van der Waals surface area contributed by atoms with Crippen LogP contribution in [0.3, 0.4) is 0 Å². The molecule has 1 aromatic heterocycles. The summed E-state index contributed by atoms with van der Waals surface area (Å²) in [7, 11) is 0. The fourth-order valence-electron chi connectivity index (χ4n) is 4.13. The fourth-order valence-corrected chi connectivity index (χ4v) is 4.13. The zero-order valence-electron chi connectivity index (χ0n) is 16.8. The number of hydrogen-bond acceptors (Lipinski definition) is 4. The largest absolute Gasteiger partial charge is 0.354 e. The van der Waals surface area contributed by atoms with E-state index in [1.807, 2.05) is 42.5 Å². The van der Waals surface area contributed by atoms with E-state index in [1.54, 1.807) is 0 Å². The maximum atomic E-state index is 12.8. The first-order valence-corrected chi connectivity index (χ1v) is 10.5. The van der Waals surface area contributed by atoms with Gasteiger partial charge in [0.05, 0.1) is 5.52 Å². The summed E-state index contributed by atoms with van der Waals surface area (Å²) in [4.78, 5) is 27.0. The van der Waals surface area contributed by atoms with Gasteiger partial charge in [0.15, 0.2) is 5.82 Å². The molecule has 1 aliphatic carbocycles. The standard InChI is InChI=1S/C24H26N4O/c1-24(12-13-24)23(29)28-15-7-14-27(16-17-28)22-19-10-5-6-11-20(19)25-21(26-22)18-8-3-2-4-9-18/h2-6,8-11H,7,12-17H2,1H3. The van der Waals surface area contributed by atoms with E-state index >= 15 is 0 Å². The molecule has 5 rings (SSSR count). The molecule has 0 bridgehead atoms. The van der Waals surface area contributed by atoms with Crippen molar-refractivity contribution in [1.29, 1.82) is 0 Å². The highest BCUT2D eigenvalue weighted by Crippen LogP contribution is 2.46. The van der Waals surface area contributed by atoms with Gasteiger partial charge in [-0.1, -0.05) is 49.4 Å². The van der Waals surface area contributed by atoms with Crippen LogP contribution in [-0.4, -0.2) is 47.0 Å². The average Bonchev–Trinajstić information content (AvgIpc) is 3.56. The van der Waals surface area contributed by atoms with E-state index in [0.29, 0.717) is 5.91 Å². The Kier molecular flexibility index (Phi) is 4.46. The molecule has 0 radical (unpaired) electrons. The van der Waals surface area contributed by atoms with Gasteiger partial charge in [0.2, 0.25) is 5.91 Å². The summed E-state index contributed by atoms with van der Waals surface area (Å²) in [5.74, 6) is 2.06. The first-order valence-electron chi connectivity index (χ1n) is 10.5. The second kappa shape index (κ2) is 7.14. The number of anilines is 1. The second-order valence-electron chi connectivity index (χ2n) is 8.45. The molecule has 2 fully saturated rings. The molecule has 2 aromatic carbocycles. The predicted octanol–water partition coefficient (Wildman–Crippen LogP) is 4.14. The molecule has 5 heteroatoms. The fraction of sp³-hybridized carbons (Fsp3) is 0.375. The van der Waals surface area contributed by atoms with Crippen molar-refractivity contribution in [2.75, 3.05) is 31.1 Å². The first kappa shape index (κ1) is 18.1. The highest BCUT2D eigenvalue weighted by molar-refractivity contribution is 5.91. The van der Waals surface area contributed by atoms with Crippen LogP contribution < -0.4 is 4.90 Å². The number of nitrogens with zero attached hydrogens (tertiary/aromatic N) is 4. The number of amides is 1. The SMILES string of the molecule is CC1(C(=O)N2CCCN(c3nc(-c4ccccc4)nc4ccccc34)CC2)CC1. The van der Waals surface area contributed by atoms with Gasteiger partial charge in [-0.15, -0.1) is 0 Å². The third-order valence-corrected chi connectivity index (χ3v) is 6.21. The van der Waals surface area contributed by atoms with E-state index in [9.17, 15) is 4.79 Å². The molecule has 1 aliphatic heterocycles. The second-order valence-corrected chi connectivity index (χ2v) is 8.45. The number of hydrogen-bond donors (Lipinski definition) is 0. The molecule has 3 aromatic rings. The van der Waals surface area contributed by atoms with Crippen LogP contribution in [0.15, 0.2) is 54.6 Å². The van der Waals surface area contributed by atoms with Gasteiger partial charge in [-0.05, 0) is 31.4 Å². The Bertz CT molecular complexity index is 1050. The Morgan fingerprint density at radius 2 is 1.66 bits per heavy atom. The van der Waals surface area contributed by atoms with Crippen LogP contribution in [0.25, 0.3) is 22.3 Å². The number of fused-ring (bicyclic) bond motifs is 1. The van der Waals surface area contributed by atoms with E-state index in [-0.39, 0.29) is 5.41 Å². The summed E-state index contributed by atoms with van der Waals surface area (Å²) < 4.78 is 0. The molecular formula is C24H26N4O. The van der Waals surface area contributed by atoms with Gasteiger partial charge in [-0.25, -0.2) is 9.97 Å². The van der Waals surface area contributed by atoms with Crippen molar-refractivity contribution in [2.24, 2.45) is 5.41 Å². The molecule has 2 aliphatic rings. The van der Waals surface area contributed by atoms with Crippen molar-refractivity contribution in [3.63, 3.8) is 0 Å². The lowest BCUT2D eigenvalue weighted by atomic mass is 10.1. The van der Waals surface area contributed by atoms with Crippen molar-refractivity contribution in [3.8, 4) is 11.4 Å². The Balaban J connectivity index is 1.48. The lowest BCUT2D eigenvalue weighted by Gasteiger charge is -2.25. The number of para-hydroxylation sites is 1. The normalized spacial score (nSPS) is 18.5. The molecule has 1 saturated heterocycles. The lowest BCUT2D eigenvalue weighted by molar-refractivity contribution is -0.136. The van der Waals surface area contributed by atoms with Crippen molar-refractivity contribution < 1.29 is 4.79 Å². The molecule has 0 N–H and O–H groups in total. The molecule has 5 nitrogen and oxygen atoms in total. The zero-order chi connectivity index (χ0) is 19.8. The lowest BCUT2D eigenvalue weighted by Crippen LogP contribution is -2.39. The zero-order valence-corrected chi connectivity index (χ0v) is 16.8. The Morgan fingerprint density at radius 3 is 2.45 bits per heavy atom. The van der Waals surface area contributed by atoms with Crippen LogP contribution in [0, 0.1) is 5.41 Å². The molecule has 2 heterocycles. The molecular weight excluding hydrogens is 360 g/mol. The van der Waals surface area contributed by atoms with E-state index < -0.39 is 0 Å². The Labute approximate surface area is 171 Å². The van der Waals surface area contributed by atoms with Gasteiger partial charge >= 0.3 is 0 Å². The van der Waals surface area contributed by atoms with Gasteiger partial charge in [-0.2, -0.15) is 0 Å². The number of carbonyl (C=O) groups is 1. The van der Waals surface area contributed by atoms with E-state index in [2.05, 4.69) is 28.9 Å². The third-order valence-electron chi connectivity index (χ3n) is 6.21. The minimum Gasteiger partial charge on any atom is -0.354 e. The summed E-state index contributed by atoms with van der Waals surface area (Å²) in [5.41, 5.74) is 1.88. The molecule has 148 valence electrons. The van der Waals surface area contributed by atoms with E-state index in [0.717, 1.165) is 73.6 Å². The minimum absolute atomic E-state index is 0.0999. The quantitative estimate of drug-likeness (QED) is 0.679. The molecule has 29 heavy (non-hydrogen) atoms. The van der Waals surface area contributed by atoms with Gasteiger partial charge in [0, 0.05) is 42.5 Å². The summed E-state index contributed by atoms with van der Waals surface area (Å²) in [5, 5.41) is 1.07. The van der Waals surface area contributed by atoms with Gasteiger partial charge < -0.3 is 9.80 Å². The molecule has 0 spiro atoms. The van der Waals surface area contributed by atoms with E-state index in [1.165, 1.54) is 0 Å². The van der Waals surface area contributed by atoms with Crippen LogP contribution in [0.1, 0.15) is 26.2 Å². The molecule has 0 atom stereocenters. The number of benzene rings is 2. The maximum Gasteiger partial charge on any atom is 0.228 e. The smallest absolute Gasteiger partial charge is 0.228 e. The van der Waals surface area contributed by atoms with E-state index in [4.69, 9.17) is 9.97 Å². The molecule has 0 unspecified atom stereocenters. The predicted molar refractivity (Wildman–Crippen MR) is 116 cm³/mol. The first-order chi connectivity index (χ1) is 14.1. The third kappa shape index (κ3) is 3.46. The summed E-state index contributed by atoms with van der Waals surface area (Å²) in [6, 6.07) is 18.3. The van der Waals surface area contributed by atoms with Crippen molar-refractivity contribution in [1.82, 2.24) is 14.9 Å². The van der Waals surface area contributed by atoms with Crippen LogP contribution in [0.5, 0.6) is 0 Å². The highest BCUT2D eigenvalue weighted by atomic mass is 16.2. The molecule has 1 amide bonds. The van der Waals surface area contributed by atoms with Gasteiger partial charge in [-0.3, -0.25) is 4.79 Å². The van der Waals surface area contributed by atoms with Crippen molar-refractivity contribution in [3.05, 3.63) is 54.6 Å². The van der Waals surface area contributed by atoms with Crippen LogP contribution in [0.4, 0.5) is 5.82 Å². The van der Waals surface area contributed by atoms with Crippen LogP contribution >= 0.6 is 0 Å². The highest BCUT2D eigenvalue weighted by Gasteiger charge is 2.47. The summed E-state index contributed by atoms with van der Waals surface area (Å²) in [6.07, 6.45) is 3.02. The van der Waals surface area contributed by atoms with Crippen molar-refractivity contribution >= 4 is 22.6 Å². The number of carbonyl (C=O) groups excluding carboxylic acids is 1. The average molecular weight is 386 g/mol. The number of aromatic nitrogens is 2. The van der Waals surface area contributed by atoms with Gasteiger partial charge in [0.1, 0.15) is 5.82 Å². The monoisotopic (exact) mass is 386 g/mol. The topological polar surface area (TPSA) is 49.3 Å². The maximum absolute atomic E-state index is 12.8. The van der Waals surface area contributed by atoms with Crippen LogP contribution in [-0.2, 0) is 4.79 Å². The van der Waals surface area contributed by atoms with Crippen molar-refractivity contribution in [2.45, 2.75) is 26.2 Å². The summed E-state index contributed by atoms with van der Waals surface area (Å²) >= 11 is 0. The minimum atomic E-state index is -0.0999.